The molecule has 1 aliphatic heterocycles. The molecule has 3 nitrogen and oxygen atoms in total. The summed E-state index contributed by atoms with van der Waals surface area (Å²) in [5.41, 5.74) is 0.0892. The lowest BCUT2D eigenvalue weighted by molar-refractivity contribution is -0.125. The van der Waals surface area contributed by atoms with E-state index in [9.17, 15) is 9.90 Å². The first kappa shape index (κ1) is 11.2. The minimum atomic E-state index is -0.759. The third-order valence-corrected chi connectivity index (χ3v) is 3.76. The molecule has 2 aliphatic rings. The maximum absolute atomic E-state index is 12.6. The number of aliphatic hydroxyl groups excluding tert-OH is 1. The van der Waals surface area contributed by atoms with Gasteiger partial charge in [-0.2, -0.15) is 0 Å². The van der Waals surface area contributed by atoms with Crippen LogP contribution in [0.4, 0.5) is 5.69 Å². The van der Waals surface area contributed by atoms with Crippen LogP contribution in [0.25, 0.3) is 0 Å². The summed E-state index contributed by atoms with van der Waals surface area (Å²) >= 11 is 0. The molecule has 1 amide bonds. The first-order chi connectivity index (χ1) is 8.74. The van der Waals surface area contributed by atoms with E-state index in [0.29, 0.717) is 13.0 Å². The average molecular weight is 241 g/mol. The summed E-state index contributed by atoms with van der Waals surface area (Å²) < 4.78 is 0. The van der Waals surface area contributed by atoms with E-state index >= 15 is 0 Å². The highest BCUT2D eigenvalue weighted by Gasteiger charge is 2.51. The minimum absolute atomic E-state index is 0.0122. The van der Waals surface area contributed by atoms with Crippen molar-refractivity contribution in [2.24, 2.45) is 5.41 Å². The Labute approximate surface area is 106 Å². The molecule has 2 atom stereocenters. The van der Waals surface area contributed by atoms with Gasteiger partial charge in [-0.1, -0.05) is 42.5 Å². The Bertz CT molecular complexity index is 521. The van der Waals surface area contributed by atoms with Crippen LogP contribution in [0, 0.1) is 5.41 Å². The summed E-state index contributed by atoms with van der Waals surface area (Å²) in [7, 11) is 0. The summed E-state index contributed by atoms with van der Waals surface area (Å²) in [6.07, 6.45) is 7.47. The summed E-state index contributed by atoms with van der Waals surface area (Å²) in [5, 5.41) is 10.3. The van der Waals surface area contributed by atoms with Gasteiger partial charge in [-0.3, -0.25) is 4.79 Å². The number of carbonyl (C=O) groups is 1. The van der Waals surface area contributed by atoms with Gasteiger partial charge >= 0.3 is 0 Å². The van der Waals surface area contributed by atoms with Crippen LogP contribution in [0.1, 0.15) is 6.42 Å². The minimum Gasteiger partial charge on any atom is -0.390 e. The van der Waals surface area contributed by atoms with Crippen LogP contribution in [0.3, 0.4) is 0 Å². The average Bonchev–Trinajstić information content (AvgIpc) is 2.66. The Hall–Kier alpha value is -1.87. The number of benzene rings is 1. The van der Waals surface area contributed by atoms with Crippen molar-refractivity contribution in [2.75, 3.05) is 11.4 Å². The lowest BCUT2D eigenvalue weighted by Gasteiger charge is -2.27. The predicted octanol–water partition coefficient (Wildman–Crippen LogP) is 1.90. The van der Waals surface area contributed by atoms with E-state index in [1.807, 2.05) is 54.6 Å². The van der Waals surface area contributed by atoms with E-state index in [2.05, 4.69) is 0 Å². The predicted molar refractivity (Wildman–Crippen MR) is 70.1 cm³/mol. The molecule has 1 N–H and O–H groups in total. The van der Waals surface area contributed by atoms with Crippen molar-refractivity contribution in [3.05, 3.63) is 54.6 Å². The normalized spacial score (nSPS) is 30.4. The Kier molecular flexibility index (Phi) is 2.56. The fraction of sp³-hybridized carbons (Fsp3) is 0.267. The highest BCUT2D eigenvalue weighted by molar-refractivity contribution is 6.02. The molecule has 0 bridgehead atoms. The molecule has 1 aliphatic carbocycles. The molecule has 1 spiro atoms. The van der Waals surface area contributed by atoms with Gasteiger partial charge in [0.1, 0.15) is 0 Å². The van der Waals surface area contributed by atoms with Gasteiger partial charge in [0.2, 0.25) is 5.91 Å². The molecule has 18 heavy (non-hydrogen) atoms. The Morgan fingerprint density at radius 1 is 1.22 bits per heavy atom. The van der Waals surface area contributed by atoms with Crippen LogP contribution in [-0.4, -0.2) is 23.7 Å². The molecule has 1 saturated heterocycles. The van der Waals surface area contributed by atoms with Crippen LogP contribution < -0.4 is 4.90 Å². The molecule has 3 heteroatoms. The summed E-state index contributed by atoms with van der Waals surface area (Å²) in [6, 6.07) is 9.50. The maximum atomic E-state index is 12.6. The quantitative estimate of drug-likeness (QED) is 0.815. The van der Waals surface area contributed by atoms with Crippen molar-refractivity contribution in [1.82, 2.24) is 0 Å². The SMILES string of the molecule is O=C1N(c2ccccc2)C[C@@H](O)[C@@]12C=CC=CC2. The second kappa shape index (κ2) is 4.10. The van der Waals surface area contributed by atoms with Crippen LogP contribution in [0.2, 0.25) is 0 Å². The van der Waals surface area contributed by atoms with Crippen LogP contribution in [0.5, 0.6) is 0 Å². The van der Waals surface area contributed by atoms with Gasteiger partial charge in [0, 0.05) is 5.69 Å². The zero-order valence-corrected chi connectivity index (χ0v) is 9.99. The van der Waals surface area contributed by atoms with E-state index in [0.717, 1.165) is 5.69 Å². The topological polar surface area (TPSA) is 40.5 Å². The molecule has 1 fully saturated rings. The zero-order valence-electron chi connectivity index (χ0n) is 9.99. The number of para-hydroxylation sites is 1. The number of aliphatic hydroxyl groups is 1. The second-order valence-electron chi connectivity index (χ2n) is 4.80. The van der Waals surface area contributed by atoms with Crippen molar-refractivity contribution in [1.29, 1.82) is 0 Å². The number of rotatable bonds is 1. The molecule has 1 aromatic rings. The summed E-state index contributed by atoms with van der Waals surface area (Å²) in [5.74, 6) is -0.0122. The maximum Gasteiger partial charge on any atom is 0.240 e. The molecular weight excluding hydrogens is 226 g/mol. The van der Waals surface area contributed by atoms with Gasteiger partial charge in [-0.05, 0) is 18.6 Å². The number of anilines is 1. The van der Waals surface area contributed by atoms with Crippen molar-refractivity contribution < 1.29 is 9.90 Å². The van der Waals surface area contributed by atoms with Crippen molar-refractivity contribution in [3.63, 3.8) is 0 Å². The Balaban J connectivity index is 1.96. The number of nitrogens with zero attached hydrogens (tertiary/aromatic N) is 1. The van der Waals surface area contributed by atoms with Gasteiger partial charge < -0.3 is 10.0 Å². The van der Waals surface area contributed by atoms with E-state index in [1.54, 1.807) is 4.90 Å². The Morgan fingerprint density at radius 2 is 2.00 bits per heavy atom. The van der Waals surface area contributed by atoms with E-state index in [4.69, 9.17) is 0 Å². The fourth-order valence-electron chi connectivity index (χ4n) is 2.69. The molecule has 0 radical (unpaired) electrons. The lowest BCUT2D eigenvalue weighted by atomic mass is 9.78. The number of hydrogen-bond acceptors (Lipinski definition) is 2. The lowest BCUT2D eigenvalue weighted by Crippen LogP contribution is -2.37. The van der Waals surface area contributed by atoms with E-state index in [-0.39, 0.29) is 5.91 Å². The highest BCUT2D eigenvalue weighted by Crippen LogP contribution is 2.41. The third-order valence-electron chi connectivity index (χ3n) is 3.76. The molecule has 1 heterocycles. The first-order valence-electron chi connectivity index (χ1n) is 6.13. The molecular formula is C15H15NO2. The molecule has 1 aromatic carbocycles. The number of hydrogen-bond donors (Lipinski definition) is 1. The van der Waals surface area contributed by atoms with Crippen LogP contribution in [0.15, 0.2) is 54.6 Å². The molecule has 0 saturated carbocycles. The number of carbonyl (C=O) groups excluding carboxylic acids is 1. The van der Waals surface area contributed by atoms with Gasteiger partial charge in [0.15, 0.2) is 0 Å². The largest absolute Gasteiger partial charge is 0.390 e. The fourth-order valence-corrected chi connectivity index (χ4v) is 2.69. The van der Waals surface area contributed by atoms with Gasteiger partial charge in [-0.25, -0.2) is 0 Å². The number of amides is 1. The third kappa shape index (κ3) is 1.51. The van der Waals surface area contributed by atoms with Crippen LogP contribution in [-0.2, 0) is 4.79 Å². The van der Waals surface area contributed by atoms with Crippen molar-refractivity contribution >= 4 is 11.6 Å². The smallest absolute Gasteiger partial charge is 0.240 e. The summed E-state index contributed by atoms with van der Waals surface area (Å²) in [6.45, 7) is 0.362. The van der Waals surface area contributed by atoms with E-state index in [1.165, 1.54) is 0 Å². The molecule has 92 valence electrons. The number of allylic oxidation sites excluding steroid dienone is 3. The Morgan fingerprint density at radius 3 is 2.67 bits per heavy atom. The molecule has 0 unspecified atom stereocenters. The van der Waals surface area contributed by atoms with Gasteiger partial charge in [-0.15, -0.1) is 0 Å². The van der Waals surface area contributed by atoms with Gasteiger partial charge in [0.25, 0.3) is 0 Å². The zero-order chi connectivity index (χ0) is 12.6. The number of β-amino-alcohol motifs (C(OH)–C–C–N with tert-alkyl or cyclic N) is 1. The van der Waals surface area contributed by atoms with E-state index < -0.39 is 11.5 Å². The van der Waals surface area contributed by atoms with Crippen LogP contribution >= 0.6 is 0 Å². The van der Waals surface area contributed by atoms with Crippen molar-refractivity contribution in [2.45, 2.75) is 12.5 Å². The second-order valence-corrected chi connectivity index (χ2v) is 4.80. The summed E-state index contributed by atoms with van der Waals surface area (Å²) in [4.78, 5) is 14.2. The van der Waals surface area contributed by atoms with Gasteiger partial charge in [0.05, 0.1) is 18.1 Å². The van der Waals surface area contributed by atoms with Crippen molar-refractivity contribution in [3.8, 4) is 0 Å². The highest BCUT2D eigenvalue weighted by atomic mass is 16.3. The standard InChI is InChI=1S/C15H15NO2/c17-13-11-16(12-7-3-1-4-8-12)14(18)15(13)9-5-2-6-10-15/h1-9,13,17H,10-11H2/t13-,15+/m1/s1. The molecule has 3 rings (SSSR count). The first-order valence-corrected chi connectivity index (χ1v) is 6.13. The monoisotopic (exact) mass is 241 g/mol. The molecule has 0 aromatic heterocycles.